The Balaban J connectivity index is 1.50. The lowest BCUT2D eigenvalue weighted by Crippen LogP contribution is -2.38. The van der Waals surface area contributed by atoms with Crippen molar-refractivity contribution in [2.24, 2.45) is 17.8 Å². The minimum atomic E-state index is 0.739. The summed E-state index contributed by atoms with van der Waals surface area (Å²) in [6, 6.07) is 0.739. The summed E-state index contributed by atoms with van der Waals surface area (Å²) in [5, 5.41) is 3.65. The second-order valence-corrected chi connectivity index (χ2v) is 6.09. The van der Waals surface area contributed by atoms with Crippen LogP contribution in [0.15, 0.2) is 0 Å². The van der Waals surface area contributed by atoms with Crippen LogP contribution in [0.5, 0.6) is 0 Å². The molecule has 0 radical (unpaired) electrons. The van der Waals surface area contributed by atoms with Gasteiger partial charge in [0.15, 0.2) is 0 Å². The Hall–Kier alpha value is -0.0800. The van der Waals surface area contributed by atoms with Crippen molar-refractivity contribution >= 4 is 0 Å². The van der Waals surface area contributed by atoms with Gasteiger partial charge in [-0.25, -0.2) is 0 Å². The predicted molar refractivity (Wildman–Crippen MR) is 67.5 cm³/mol. The molecular weight excluding hydrogens is 198 g/mol. The molecule has 2 nitrogen and oxygen atoms in total. The van der Waals surface area contributed by atoms with Crippen molar-refractivity contribution in [1.82, 2.24) is 5.32 Å². The van der Waals surface area contributed by atoms with Gasteiger partial charge in [0, 0.05) is 19.2 Å². The summed E-state index contributed by atoms with van der Waals surface area (Å²) in [5.74, 6) is 2.69. The highest BCUT2D eigenvalue weighted by Gasteiger charge is 2.23. The predicted octanol–water partition coefficient (Wildman–Crippen LogP) is 2.83. The summed E-state index contributed by atoms with van der Waals surface area (Å²) in [4.78, 5) is 0. The van der Waals surface area contributed by atoms with Crippen molar-refractivity contribution in [1.29, 1.82) is 0 Å². The van der Waals surface area contributed by atoms with Crippen LogP contribution >= 0.6 is 0 Å². The van der Waals surface area contributed by atoms with Crippen LogP contribution in [-0.2, 0) is 4.74 Å². The van der Waals surface area contributed by atoms with Crippen molar-refractivity contribution in [2.75, 3.05) is 19.8 Å². The zero-order chi connectivity index (χ0) is 11.4. The lowest BCUT2D eigenvalue weighted by Gasteiger charge is -2.32. The third-order valence-corrected chi connectivity index (χ3v) is 3.91. The number of ether oxygens (including phenoxy) is 1. The molecular formula is C14H27NO. The monoisotopic (exact) mass is 225 g/mol. The van der Waals surface area contributed by atoms with Gasteiger partial charge in [0.1, 0.15) is 0 Å². The second kappa shape index (κ2) is 6.02. The Morgan fingerprint density at radius 3 is 2.38 bits per heavy atom. The smallest absolute Gasteiger partial charge is 0.0591 e. The molecule has 2 aliphatic rings. The van der Waals surface area contributed by atoms with Gasteiger partial charge in [0.25, 0.3) is 0 Å². The number of hydrogen-bond acceptors (Lipinski definition) is 2. The lowest BCUT2D eigenvalue weighted by atomic mass is 9.80. The molecule has 1 N–H and O–H groups in total. The van der Waals surface area contributed by atoms with Gasteiger partial charge in [-0.3, -0.25) is 0 Å². The minimum absolute atomic E-state index is 0.739. The molecule has 0 amide bonds. The first-order chi connectivity index (χ1) is 7.74. The van der Waals surface area contributed by atoms with Crippen LogP contribution in [0.1, 0.15) is 46.0 Å². The second-order valence-electron chi connectivity index (χ2n) is 6.09. The molecule has 2 atom stereocenters. The van der Waals surface area contributed by atoms with E-state index < -0.39 is 0 Å². The first kappa shape index (κ1) is 12.4. The highest BCUT2D eigenvalue weighted by atomic mass is 16.5. The molecule has 2 rings (SSSR count). The molecule has 0 aromatic rings. The lowest BCUT2D eigenvalue weighted by molar-refractivity contribution is 0.119. The van der Waals surface area contributed by atoms with Crippen LogP contribution < -0.4 is 5.32 Å². The van der Waals surface area contributed by atoms with Gasteiger partial charge < -0.3 is 10.1 Å². The van der Waals surface area contributed by atoms with Crippen molar-refractivity contribution in [2.45, 2.75) is 52.0 Å². The van der Waals surface area contributed by atoms with Gasteiger partial charge in [0.2, 0.25) is 0 Å². The molecule has 0 bridgehead atoms. The van der Waals surface area contributed by atoms with E-state index in [1.807, 2.05) is 0 Å². The minimum Gasteiger partial charge on any atom is -0.380 e. The van der Waals surface area contributed by atoms with Crippen molar-refractivity contribution in [3.63, 3.8) is 0 Å². The average molecular weight is 225 g/mol. The quantitative estimate of drug-likeness (QED) is 0.702. The van der Waals surface area contributed by atoms with Gasteiger partial charge in [-0.1, -0.05) is 13.8 Å². The zero-order valence-corrected chi connectivity index (χ0v) is 10.9. The molecule has 2 unspecified atom stereocenters. The molecule has 0 spiro atoms. The first-order valence-corrected chi connectivity index (χ1v) is 7.05. The fraction of sp³-hybridized carbons (Fsp3) is 1.00. The van der Waals surface area contributed by atoms with E-state index in [4.69, 9.17) is 4.74 Å². The number of hydrogen-bond donors (Lipinski definition) is 1. The van der Waals surface area contributed by atoms with E-state index in [0.29, 0.717) is 0 Å². The molecule has 94 valence electrons. The van der Waals surface area contributed by atoms with Crippen LogP contribution in [0, 0.1) is 17.8 Å². The van der Waals surface area contributed by atoms with Gasteiger partial charge >= 0.3 is 0 Å². The van der Waals surface area contributed by atoms with E-state index in [-0.39, 0.29) is 0 Å². The Kier molecular flexibility index (Phi) is 4.66. The van der Waals surface area contributed by atoms with Crippen LogP contribution in [0.25, 0.3) is 0 Å². The Labute approximate surface area is 100 Å². The topological polar surface area (TPSA) is 21.3 Å². The Morgan fingerprint density at radius 1 is 1.06 bits per heavy atom. The molecule has 2 heteroatoms. The van der Waals surface area contributed by atoms with E-state index in [2.05, 4.69) is 19.2 Å². The van der Waals surface area contributed by atoms with E-state index in [0.717, 1.165) is 43.6 Å². The zero-order valence-electron chi connectivity index (χ0n) is 10.9. The van der Waals surface area contributed by atoms with Gasteiger partial charge in [0.05, 0.1) is 6.61 Å². The largest absolute Gasteiger partial charge is 0.380 e. The van der Waals surface area contributed by atoms with Gasteiger partial charge in [-0.05, 0) is 49.9 Å². The third-order valence-electron chi connectivity index (χ3n) is 3.91. The van der Waals surface area contributed by atoms with Crippen LogP contribution in [-0.4, -0.2) is 25.8 Å². The molecule has 0 heterocycles. The highest BCUT2D eigenvalue weighted by Crippen LogP contribution is 2.29. The molecule has 2 aliphatic carbocycles. The van der Waals surface area contributed by atoms with Crippen molar-refractivity contribution < 1.29 is 4.74 Å². The fourth-order valence-electron chi connectivity index (χ4n) is 2.98. The average Bonchev–Trinajstić information content (AvgIpc) is 2.99. The van der Waals surface area contributed by atoms with Crippen molar-refractivity contribution in [3.8, 4) is 0 Å². The van der Waals surface area contributed by atoms with E-state index in [1.54, 1.807) is 0 Å². The number of nitrogens with one attached hydrogen (secondary N) is 1. The Bertz CT molecular complexity index is 193. The third kappa shape index (κ3) is 4.42. The maximum Gasteiger partial charge on any atom is 0.0591 e. The molecule has 0 aliphatic heterocycles. The maximum absolute atomic E-state index is 5.64. The molecule has 0 saturated heterocycles. The molecule has 16 heavy (non-hydrogen) atoms. The van der Waals surface area contributed by atoms with Crippen LogP contribution in [0.3, 0.4) is 0 Å². The number of rotatable bonds is 6. The summed E-state index contributed by atoms with van der Waals surface area (Å²) in [7, 11) is 0. The molecule has 2 saturated carbocycles. The molecule has 0 aromatic carbocycles. The maximum atomic E-state index is 5.64. The van der Waals surface area contributed by atoms with Crippen molar-refractivity contribution in [3.05, 3.63) is 0 Å². The molecule has 0 aromatic heterocycles. The fourth-order valence-corrected chi connectivity index (χ4v) is 2.98. The molecule has 2 fully saturated rings. The summed E-state index contributed by atoms with van der Waals surface area (Å²) in [6.07, 6.45) is 6.91. The first-order valence-electron chi connectivity index (χ1n) is 7.05. The van der Waals surface area contributed by atoms with E-state index in [1.165, 1.54) is 32.1 Å². The SMILES string of the molecule is CC1CC(C)CC(NCCOCC2CC2)C1. The summed E-state index contributed by atoms with van der Waals surface area (Å²) >= 11 is 0. The summed E-state index contributed by atoms with van der Waals surface area (Å²) in [5.41, 5.74) is 0. The van der Waals surface area contributed by atoms with Gasteiger partial charge in [-0.2, -0.15) is 0 Å². The standard InChI is InChI=1S/C14H27NO/c1-11-7-12(2)9-14(8-11)15-5-6-16-10-13-3-4-13/h11-15H,3-10H2,1-2H3. The van der Waals surface area contributed by atoms with Gasteiger partial charge in [-0.15, -0.1) is 0 Å². The summed E-state index contributed by atoms with van der Waals surface area (Å²) in [6.45, 7) is 7.70. The van der Waals surface area contributed by atoms with Crippen LogP contribution in [0.2, 0.25) is 0 Å². The van der Waals surface area contributed by atoms with E-state index >= 15 is 0 Å². The summed E-state index contributed by atoms with van der Waals surface area (Å²) < 4.78 is 5.64. The Morgan fingerprint density at radius 2 is 1.75 bits per heavy atom. The highest BCUT2D eigenvalue weighted by molar-refractivity contribution is 4.79. The van der Waals surface area contributed by atoms with E-state index in [9.17, 15) is 0 Å². The normalized spacial score (nSPS) is 35.2. The van der Waals surface area contributed by atoms with Crippen LogP contribution in [0.4, 0.5) is 0 Å².